The van der Waals surface area contributed by atoms with Gasteiger partial charge in [0.25, 0.3) is 0 Å². The molecule has 1 aliphatic heterocycles. The van der Waals surface area contributed by atoms with Crippen molar-refractivity contribution in [1.82, 2.24) is 4.90 Å². The van der Waals surface area contributed by atoms with Crippen LogP contribution in [0, 0.1) is 5.92 Å². The standard InChI is InChI=1S/C21H30N2O3/c1-3-14(2)15-8-10-17(11-9-15)22-20(24)13-23-18-7-5-4-6-16(18)12-19(23)21(25)26/h8-11,14,16,18-19H,3-7,12-13H2,1-2H3,(H,22,24)(H,25,26). The Labute approximate surface area is 155 Å². The second-order valence-corrected chi connectivity index (χ2v) is 7.85. The molecule has 1 saturated carbocycles. The fraction of sp³-hybridized carbons (Fsp3) is 0.619. The minimum Gasteiger partial charge on any atom is -0.480 e. The molecule has 0 spiro atoms. The number of nitrogens with one attached hydrogen (secondary N) is 1. The molecule has 4 unspecified atom stereocenters. The van der Waals surface area contributed by atoms with Crippen LogP contribution in [0.4, 0.5) is 5.69 Å². The van der Waals surface area contributed by atoms with Gasteiger partial charge in [-0.3, -0.25) is 14.5 Å². The summed E-state index contributed by atoms with van der Waals surface area (Å²) in [5.41, 5.74) is 2.04. The predicted molar refractivity (Wildman–Crippen MR) is 102 cm³/mol. The number of hydrogen-bond acceptors (Lipinski definition) is 3. The Bertz CT molecular complexity index is 643. The van der Waals surface area contributed by atoms with E-state index in [0.717, 1.165) is 31.4 Å². The molecule has 142 valence electrons. The Morgan fingerprint density at radius 1 is 1.23 bits per heavy atom. The lowest BCUT2D eigenvalue weighted by Crippen LogP contribution is -2.46. The molecule has 4 atom stereocenters. The van der Waals surface area contributed by atoms with Gasteiger partial charge >= 0.3 is 5.97 Å². The number of aliphatic carboxylic acids is 1. The molecule has 3 rings (SSSR count). The molecule has 2 N–H and O–H groups in total. The second-order valence-electron chi connectivity index (χ2n) is 7.85. The molecule has 5 nitrogen and oxygen atoms in total. The first-order valence-electron chi connectivity index (χ1n) is 9.88. The lowest BCUT2D eigenvalue weighted by molar-refractivity contribution is -0.143. The summed E-state index contributed by atoms with van der Waals surface area (Å²) < 4.78 is 0. The molecular formula is C21H30N2O3. The number of anilines is 1. The van der Waals surface area contributed by atoms with Gasteiger partial charge in [0, 0.05) is 11.7 Å². The Hall–Kier alpha value is -1.88. The average molecular weight is 358 g/mol. The van der Waals surface area contributed by atoms with Crippen LogP contribution in [0.2, 0.25) is 0 Å². The number of carbonyl (C=O) groups excluding carboxylic acids is 1. The Kier molecular flexibility index (Phi) is 5.97. The van der Waals surface area contributed by atoms with Gasteiger partial charge in [-0.2, -0.15) is 0 Å². The minimum absolute atomic E-state index is 0.126. The summed E-state index contributed by atoms with van der Waals surface area (Å²) >= 11 is 0. The normalized spacial score (nSPS) is 26.9. The summed E-state index contributed by atoms with van der Waals surface area (Å²) in [6, 6.07) is 7.68. The first kappa shape index (κ1) is 18.9. The van der Waals surface area contributed by atoms with E-state index in [2.05, 4.69) is 31.3 Å². The summed E-state index contributed by atoms with van der Waals surface area (Å²) in [7, 11) is 0. The zero-order chi connectivity index (χ0) is 18.7. The average Bonchev–Trinajstić information content (AvgIpc) is 3.00. The number of carbonyl (C=O) groups is 2. The third-order valence-electron chi connectivity index (χ3n) is 6.21. The van der Waals surface area contributed by atoms with Crippen molar-refractivity contribution in [3.05, 3.63) is 29.8 Å². The molecule has 2 fully saturated rings. The van der Waals surface area contributed by atoms with E-state index in [1.54, 1.807) is 0 Å². The van der Waals surface area contributed by atoms with Crippen LogP contribution >= 0.6 is 0 Å². The molecule has 0 radical (unpaired) electrons. The van der Waals surface area contributed by atoms with Gasteiger partial charge in [-0.25, -0.2) is 0 Å². The van der Waals surface area contributed by atoms with E-state index in [1.165, 1.54) is 12.0 Å². The largest absolute Gasteiger partial charge is 0.480 e. The molecule has 0 aromatic heterocycles. The first-order valence-corrected chi connectivity index (χ1v) is 9.88. The number of likely N-dealkylation sites (tertiary alicyclic amines) is 1. The van der Waals surface area contributed by atoms with E-state index < -0.39 is 12.0 Å². The van der Waals surface area contributed by atoms with Crippen LogP contribution in [0.15, 0.2) is 24.3 Å². The number of carboxylic acid groups (broad SMARTS) is 1. The molecule has 0 bridgehead atoms. The molecule has 1 aromatic carbocycles. The Balaban J connectivity index is 1.63. The summed E-state index contributed by atoms with van der Waals surface area (Å²) in [5, 5.41) is 12.5. The molecule has 1 heterocycles. The van der Waals surface area contributed by atoms with Crippen LogP contribution in [-0.2, 0) is 9.59 Å². The summed E-state index contributed by atoms with van der Waals surface area (Å²) in [6.45, 7) is 4.51. The molecule has 1 aromatic rings. The first-order chi connectivity index (χ1) is 12.5. The van der Waals surface area contributed by atoms with Gasteiger partial charge in [0.2, 0.25) is 5.91 Å². The third-order valence-corrected chi connectivity index (χ3v) is 6.21. The summed E-state index contributed by atoms with van der Waals surface area (Å²) in [5.74, 6) is 0.000228. The minimum atomic E-state index is -0.801. The van der Waals surface area contributed by atoms with Crippen molar-refractivity contribution in [2.45, 2.75) is 70.4 Å². The predicted octanol–water partition coefficient (Wildman–Crippen LogP) is 3.86. The monoisotopic (exact) mass is 358 g/mol. The van der Waals surface area contributed by atoms with Gasteiger partial charge in [0.05, 0.1) is 6.54 Å². The lowest BCUT2D eigenvalue weighted by Gasteiger charge is -2.32. The fourth-order valence-corrected chi connectivity index (χ4v) is 4.52. The van der Waals surface area contributed by atoms with Gasteiger partial charge in [0.15, 0.2) is 0 Å². The quantitative estimate of drug-likeness (QED) is 0.810. The topological polar surface area (TPSA) is 69.6 Å². The van der Waals surface area contributed by atoms with Crippen molar-refractivity contribution in [3.8, 4) is 0 Å². The third kappa shape index (κ3) is 4.09. The zero-order valence-corrected chi connectivity index (χ0v) is 15.8. The maximum atomic E-state index is 12.5. The number of carboxylic acids is 1. The van der Waals surface area contributed by atoms with Crippen LogP contribution in [-0.4, -0.2) is 40.5 Å². The van der Waals surface area contributed by atoms with Crippen LogP contribution in [0.1, 0.15) is 63.9 Å². The van der Waals surface area contributed by atoms with Crippen molar-refractivity contribution in [1.29, 1.82) is 0 Å². The van der Waals surface area contributed by atoms with Crippen molar-refractivity contribution < 1.29 is 14.7 Å². The number of fused-ring (bicyclic) bond motifs is 1. The lowest BCUT2D eigenvalue weighted by atomic mass is 9.85. The van der Waals surface area contributed by atoms with Gasteiger partial charge in [-0.15, -0.1) is 0 Å². The maximum Gasteiger partial charge on any atom is 0.320 e. The number of amides is 1. The summed E-state index contributed by atoms with van der Waals surface area (Å²) in [4.78, 5) is 26.1. The van der Waals surface area contributed by atoms with E-state index in [4.69, 9.17) is 0 Å². The number of rotatable bonds is 6. The molecule has 1 aliphatic carbocycles. The molecule has 1 amide bonds. The van der Waals surface area contributed by atoms with Gasteiger partial charge in [0.1, 0.15) is 6.04 Å². The van der Waals surface area contributed by atoms with Crippen LogP contribution in [0.25, 0.3) is 0 Å². The summed E-state index contributed by atoms with van der Waals surface area (Å²) in [6.07, 6.45) is 6.16. The van der Waals surface area contributed by atoms with E-state index in [1.807, 2.05) is 17.0 Å². The SMILES string of the molecule is CCC(C)c1ccc(NC(=O)CN2C(C(=O)O)CC3CCCCC32)cc1. The van der Waals surface area contributed by atoms with E-state index in [9.17, 15) is 14.7 Å². The van der Waals surface area contributed by atoms with Crippen molar-refractivity contribution >= 4 is 17.6 Å². The number of nitrogens with zero attached hydrogens (tertiary/aromatic N) is 1. The van der Waals surface area contributed by atoms with Crippen LogP contribution < -0.4 is 5.32 Å². The van der Waals surface area contributed by atoms with E-state index in [-0.39, 0.29) is 18.5 Å². The highest BCUT2D eigenvalue weighted by molar-refractivity contribution is 5.92. The highest BCUT2D eigenvalue weighted by Crippen LogP contribution is 2.39. The number of hydrogen-bond donors (Lipinski definition) is 2. The second kappa shape index (κ2) is 8.21. The molecule has 1 saturated heterocycles. The van der Waals surface area contributed by atoms with Gasteiger partial charge < -0.3 is 10.4 Å². The fourth-order valence-electron chi connectivity index (χ4n) is 4.52. The van der Waals surface area contributed by atoms with Crippen molar-refractivity contribution in [3.63, 3.8) is 0 Å². The van der Waals surface area contributed by atoms with Gasteiger partial charge in [-0.1, -0.05) is 38.8 Å². The molecule has 26 heavy (non-hydrogen) atoms. The zero-order valence-electron chi connectivity index (χ0n) is 15.8. The van der Waals surface area contributed by atoms with Gasteiger partial charge in [-0.05, 0) is 55.2 Å². The van der Waals surface area contributed by atoms with Crippen molar-refractivity contribution in [2.24, 2.45) is 5.92 Å². The molecule has 5 heteroatoms. The smallest absolute Gasteiger partial charge is 0.320 e. The van der Waals surface area contributed by atoms with Crippen LogP contribution in [0.3, 0.4) is 0 Å². The van der Waals surface area contributed by atoms with Crippen LogP contribution in [0.5, 0.6) is 0 Å². The van der Waals surface area contributed by atoms with E-state index >= 15 is 0 Å². The highest BCUT2D eigenvalue weighted by Gasteiger charge is 2.45. The van der Waals surface area contributed by atoms with Crippen molar-refractivity contribution in [2.75, 3.05) is 11.9 Å². The Morgan fingerprint density at radius 3 is 2.58 bits per heavy atom. The Morgan fingerprint density at radius 2 is 1.92 bits per heavy atom. The number of benzene rings is 1. The molecular weight excluding hydrogens is 328 g/mol. The highest BCUT2D eigenvalue weighted by atomic mass is 16.4. The molecule has 2 aliphatic rings. The van der Waals surface area contributed by atoms with E-state index in [0.29, 0.717) is 18.3 Å². The maximum absolute atomic E-state index is 12.5.